The largest absolute Gasteiger partial charge is 0.463 e. The van der Waals surface area contributed by atoms with Crippen LogP contribution in [-0.2, 0) is 30.3 Å². The van der Waals surface area contributed by atoms with Crippen molar-refractivity contribution in [3.63, 3.8) is 0 Å². The van der Waals surface area contributed by atoms with E-state index >= 15 is 0 Å². The molecule has 1 fully saturated rings. The molecule has 0 bridgehead atoms. The van der Waals surface area contributed by atoms with Gasteiger partial charge in [0.2, 0.25) is 5.91 Å². The van der Waals surface area contributed by atoms with Crippen molar-refractivity contribution in [1.82, 2.24) is 10.6 Å². The highest BCUT2D eigenvalue weighted by Gasteiger charge is 2.61. The minimum atomic E-state index is -1.62. The second kappa shape index (κ2) is 8.62. The molecule has 0 aliphatic carbocycles. The molecule has 1 heterocycles. The topological polar surface area (TPSA) is 97.0 Å². The summed E-state index contributed by atoms with van der Waals surface area (Å²) < 4.78 is 9.96. The number of carbonyl (C=O) groups excluding carboxylic acids is 3. The number of ether oxygens (including phenoxy) is 2. The van der Waals surface area contributed by atoms with Gasteiger partial charge in [-0.1, -0.05) is 37.3 Å². The predicted molar refractivity (Wildman–Crippen MR) is 90.7 cm³/mol. The number of esters is 1. The molecule has 1 aliphatic rings. The van der Waals surface area contributed by atoms with Crippen LogP contribution in [0.25, 0.3) is 0 Å². The van der Waals surface area contributed by atoms with E-state index in [4.69, 9.17) is 9.47 Å². The molecule has 25 heavy (non-hydrogen) atoms. The second-order valence-electron chi connectivity index (χ2n) is 5.84. The molecule has 1 unspecified atom stereocenters. The maximum atomic E-state index is 12.5. The molecule has 0 saturated carbocycles. The monoisotopic (exact) mass is 348 g/mol. The number of carbonyl (C=O) groups is 3. The SMILES string of the molecule is CCCNC(=O)[C@H](Cc1ccccc1)NC(=O)C1(C(=O)OCC)CO1. The summed E-state index contributed by atoms with van der Waals surface area (Å²) in [6.45, 7) is 4.23. The van der Waals surface area contributed by atoms with Crippen LogP contribution in [-0.4, -0.2) is 49.2 Å². The highest BCUT2D eigenvalue weighted by atomic mass is 16.6. The highest BCUT2D eigenvalue weighted by Crippen LogP contribution is 2.29. The first-order chi connectivity index (χ1) is 12.0. The van der Waals surface area contributed by atoms with Gasteiger partial charge >= 0.3 is 5.97 Å². The van der Waals surface area contributed by atoms with Crippen LogP contribution in [0.1, 0.15) is 25.8 Å². The van der Waals surface area contributed by atoms with Crippen molar-refractivity contribution in [3.8, 4) is 0 Å². The summed E-state index contributed by atoms with van der Waals surface area (Å²) in [6, 6.07) is 8.56. The molecule has 1 saturated heterocycles. The van der Waals surface area contributed by atoms with Crippen molar-refractivity contribution >= 4 is 17.8 Å². The number of hydrogen-bond donors (Lipinski definition) is 2. The van der Waals surface area contributed by atoms with Crippen LogP contribution in [0.5, 0.6) is 0 Å². The molecule has 2 atom stereocenters. The van der Waals surface area contributed by atoms with Gasteiger partial charge in [0.05, 0.1) is 13.2 Å². The molecular formula is C18H24N2O5. The van der Waals surface area contributed by atoms with Crippen molar-refractivity contribution in [3.05, 3.63) is 35.9 Å². The van der Waals surface area contributed by atoms with Crippen LogP contribution in [0, 0.1) is 0 Å². The van der Waals surface area contributed by atoms with E-state index in [1.54, 1.807) is 6.92 Å². The quantitative estimate of drug-likeness (QED) is 0.386. The van der Waals surface area contributed by atoms with E-state index in [9.17, 15) is 14.4 Å². The number of epoxide rings is 1. The van der Waals surface area contributed by atoms with Gasteiger partial charge in [-0.05, 0) is 18.9 Å². The van der Waals surface area contributed by atoms with E-state index < -0.39 is 23.5 Å². The van der Waals surface area contributed by atoms with Crippen LogP contribution in [0.4, 0.5) is 0 Å². The van der Waals surface area contributed by atoms with Gasteiger partial charge < -0.3 is 20.1 Å². The standard InChI is InChI=1S/C18H24N2O5/c1-3-10-19-15(21)14(11-13-8-6-5-7-9-13)20-16(22)18(12-25-18)17(23)24-4-2/h5-9,14H,3-4,10-12H2,1-2H3,(H,19,21)(H,20,22)/t14-,18?/m0/s1. The molecule has 1 aliphatic heterocycles. The van der Waals surface area contributed by atoms with Crippen molar-refractivity contribution in [2.24, 2.45) is 0 Å². The first kappa shape index (κ1) is 18.9. The van der Waals surface area contributed by atoms with Crippen molar-refractivity contribution in [2.75, 3.05) is 19.8 Å². The van der Waals surface area contributed by atoms with E-state index in [1.165, 1.54) is 0 Å². The smallest absolute Gasteiger partial charge is 0.350 e. The first-order valence-corrected chi connectivity index (χ1v) is 8.47. The van der Waals surface area contributed by atoms with Crippen LogP contribution >= 0.6 is 0 Å². The lowest BCUT2D eigenvalue weighted by molar-refractivity contribution is -0.154. The van der Waals surface area contributed by atoms with Gasteiger partial charge in [0.25, 0.3) is 11.5 Å². The summed E-state index contributed by atoms with van der Waals surface area (Å²) in [6.07, 6.45) is 1.11. The Labute approximate surface area is 147 Å². The Kier molecular flexibility index (Phi) is 6.52. The summed E-state index contributed by atoms with van der Waals surface area (Å²) in [7, 11) is 0. The van der Waals surface area contributed by atoms with E-state index in [1.807, 2.05) is 37.3 Å². The highest BCUT2D eigenvalue weighted by molar-refractivity contribution is 6.10. The Balaban J connectivity index is 2.08. The molecule has 136 valence electrons. The van der Waals surface area contributed by atoms with Crippen LogP contribution in [0.2, 0.25) is 0 Å². The van der Waals surface area contributed by atoms with E-state index in [2.05, 4.69) is 10.6 Å². The van der Waals surface area contributed by atoms with Crippen molar-refractivity contribution < 1.29 is 23.9 Å². The molecule has 7 nitrogen and oxygen atoms in total. The first-order valence-electron chi connectivity index (χ1n) is 8.47. The van der Waals surface area contributed by atoms with E-state index in [-0.39, 0.29) is 19.1 Å². The summed E-state index contributed by atoms with van der Waals surface area (Å²) in [4.78, 5) is 36.8. The van der Waals surface area contributed by atoms with Crippen LogP contribution in [0.15, 0.2) is 30.3 Å². The molecule has 0 spiro atoms. The molecule has 0 aromatic heterocycles. The number of hydrogen-bond acceptors (Lipinski definition) is 5. The Hall–Kier alpha value is -2.41. The van der Waals surface area contributed by atoms with Gasteiger partial charge in [0.15, 0.2) is 0 Å². The third kappa shape index (κ3) is 4.79. The zero-order valence-corrected chi connectivity index (χ0v) is 14.5. The Morgan fingerprint density at radius 3 is 2.48 bits per heavy atom. The Bertz CT molecular complexity index is 613. The number of rotatable bonds is 9. The average molecular weight is 348 g/mol. The van der Waals surface area contributed by atoms with Crippen LogP contribution in [0.3, 0.4) is 0 Å². The third-order valence-corrected chi connectivity index (χ3v) is 3.86. The molecule has 2 rings (SSSR count). The number of benzene rings is 1. The zero-order valence-electron chi connectivity index (χ0n) is 14.5. The maximum absolute atomic E-state index is 12.5. The molecule has 1 aromatic rings. The van der Waals surface area contributed by atoms with Gasteiger partial charge in [0, 0.05) is 13.0 Å². The third-order valence-electron chi connectivity index (χ3n) is 3.86. The summed E-state index contributed by atoms with van der Waals surface area (Å²) >= 11 is 0. The van der Waals surface area contributed by atoms with Crippen molar-refractivity contribution in [2.45, 2.75) is 38.3 Å². The molecule has 2 amide bonds. The fraction of sp³-hybridized carbons (Fsp3) is 0.500. The lowest BCUT2D eigenvalue weighted by Crippen LogP contribution is -2.54. The van der Waals surface area contributed by atoms with Gasteiger partial charge in [-0.25, -0.2) is 4.79 Å². The zero-order chi connectivity index (χ0) is 18.3. The van der Waals surface area contributed by atoms with E-state index in [0.717, 1.165) is 12.0 Å². The van der Waals surface area contributed by atoms with Gasteiger partial charge in [0.1, 0.15) is 6.04 Å². The lowest BCUT2D eigenvalue weighted by Gasteiger charge is -2.20. The van der Waals surface area contributed by atoms with Crippen LogP contribution < -0.4 is 10.6 Å². The number of nitrogens with one attached hydrogen (secondary N) is 2. The summed E-state index contributed by atoms with van der Waals surface area (Å²) in [5.41, 5.74) is -0.711. The Morgan fingerprint density at radius 1 is 1.24 bits per heavy atom. The molecule has 1 aromatic carbocycles. The minimum absolute atomic E-state index is 0.0354. The molecule has 2 N–H and O–H groups in total. The molecule has 0 radical (unpaired) electrons. The second-order valence-corrected chi connectivity index (χ2v) is 5.84. The Morgan fingerprint density at radius 2 is 1.92 bits per heavy atom. The summed E-state index contributed by atoms with van der Waals surface area (Å²) in [5, 5.41) is 5.41. The minimum Gasteiger partial charge on any atom is -0.463 e. The average Bonchev–Trinajstić information content (AvgIpc) is 3.42. The lowest BCUT2D eigenvalue weighted by atomic mass is 10.0. The van der Waals surface area contributed by atoms with Gasteiger partial charge in [-0.15, -0.1) is 0 Å². The predicted octanol–water partition coefficient (Wildman–Crippen LogP) is 0.572. The van der Waals surface area contributed by atoms with Gasteiger partial charge in [-0.3, -0.25) is 9.59 Å². The fourth-order valence-corrected chi connectivity index (χ4v) is 2.37. The van der Waals surface area contributed by atoms with Gasteiger partial charge in [-0.2, -0.15) is 0 Å². The fourth-order valence-electron chi connectivity index (χ4n) is 2.37. The summed E-state index contributed by atoms with van der Waals surface area (Å²) in [5.74, 6) is -1.66. The molecule has 7 heteroatoms. The van der Waals surface area contributed by atoms with E-state index in [0.29, 0.717) is 13.0 Å². The number of amides is 2. The van der Waals surface area contributed by atoms with Crippen molar-refractivity contribution in [1.29, 1.82) is 0 Å². The maximum Gasteiger partial charge on any atom is 0.350 e. The normalized spacial score (nSPS) is 19.6. The molecular weight excluding hydrogens is 324 g/mol.